The monoisotopic (exact) mass is 555 g/mol. The molecule has 0 unspecified atom stereocenters. The molecular weight excluding hydrogens is 521 g/mol. The molecule has 1 atom stereocenters. The van der Waals surface area contributed by atoms with Crippen molar-refractivity contribution in [2.45, 2.75) is 59.5 Å². The minimum absolute atomic E-state index is 0.0504. The zero-order valence-electron chi connectivity index (χ0n) is 21.5. The molecule has 0 saturated carbocycles. The third-order valence-corrected chi connectivity index (χ3v) is 7.68. The van der Waals surface area contributed by atoms with Gasteiger partial charge in [-0.05, 0) is 69.0 Å². The maximum absolute atomic E-state index is 13.4. The molecule has 0 heterocycles. The van der Waals surface area contributed by atoms with Crippen LogP contribution in [-0.4, -0.2) is 50.5 Å². The van der Waals surface area contributed by atoms with Gasteiger partial charge in [0.25, 0.3) is 0 Å². The highest BCUT2D eigenvalue weighted by atomic mass is 35.5. The fourth-order valence-corrected chi connectivity index (χ4v) is 5.63. The van der Waals surface area contributed by atoms with Crippen molar-refractivity contribution in [3.05, 3.63) is 63.1 Å². The largest absolute Gasteiger partial charge is 0.355 e. The average molecular weight is 557 g/mol. The summed E-state index contributed by atoms with van der Waals surface area (Å²) in [5.41, 5.74) is 3.02. The number of carbonyl (C=O) groups excluding carboxylic acids is 2. The van der Waals surface area contributed by atoms with E-state index in [1.807, 2.05) is 45.9 Å². The SMILES string of the molecule is CCNC(=O)[C@H](CC)N(Cc1c(Cl)cccc1Cl)C(=O)CCCN(c1cc(C)cc(C)c1)S(C)(=O)=O. The lowest BCUT2D eigenvalue weighted by molar-refractivity contribution is -0.141. The smallest absolute Gasteiger partial charge is 0.242 e. The predicted molar refractivity (Wildman–Crippen MR) is 147 cm³/mol. The summed E-state index contributed by atoms with van der Waals surface area (Å²) in [5.74, 6) is -0.539. The van der Waals surface area contributed by atoms with E-state index in [0.29, 0.717) is 34.3 Å². The molecule has 2 rings (SSSR count). The van der Waals surface area contributed by atoms with Crippen molar-refractivity contribution in [2.24, 2.45) is 0 Å². The van der Waals surface area contributed by atoms with Gasteiger partial charge >= 0.3 is 0 Å². The number of rotatable bonds is 12. The van der Waals surface area contributed by atoms with Crippen LogP contribution < -0.4 is 9.62 Å². The van der Waals surface area contributed by atoms with E-state index in [2.05, 4.69) is 5.32 Å². The van der Waals surface area contributed by atoms with E-state index in [-0.39, 0.29) is 37.7 Å². The van der Waals surface area contributed by atoms with Crippen LogP contribution in [0.25, 0.3) is 0 Å². The van der Waals surface area contributed by atoms with Gasteiger partial charge in [0.15, 0.2) is 0 Å². The van der Waals surface area contributed by atoms with Crippen LogP contribution in [-0.2, 0) is 26.2 Å². The Labute approximate surface area is 224 Å². The highest BCUT2D eigenvalue weighted by molar-refractivity contribution is 7.92. The van der Waals surface area contributed by atoms with E-state index in [0.717, 1.165) is 17.4 Å². The van der Waals surface area contributed by atoms with Crippen molar-refractivity contribution in [3.63, 3.8) is 0 Å². The molecule has 0 aliphatic heterocycles. The summed E-state index contributed by atoms with van der Waals surface area (Å²) < 4.78 is 26.4. The van der Waals surface area contributed by atoms with Crippen LogP contribution in [0.5, 0.6) is 0 Å². The Balaban J connectivity index is 2.28. The van der Waals surface area contributed by atoms with Crippen LogP contribution in [0.4, 0.5) is 5.69 Å². The van der Waals surface area contributed by atoms with Crippen molar-refractivity contribution < 1.29 is 18.0 Å². The number of sulfonamides is 1. The van der Waals surface area contributed by atoms with Gasteiger partial charge in [0.2, 0.25) is 21.8 Å². The Morgan fingerprint density at radius 2 is 1.61 bits per heavy atom. The number of halogens is 2. The van der Waals surface area contributed by atoms with E-state index >= 15 is 0 Å². The first kappa shape index (κ1) is 29.9. The molecule has 0 bridgehead atoms. The lowest BCUT2D eigenvalue weighted by Gasteiger charge is -2.31. The Hall–Kier alpha value is -2.29. The fourth-order valence-electron chi connectivity index (χ4n) is 4.16. The summed E-state index contributed by atoms with van der Waals surface area (Å²) in [6.07, 6.45) is 1.88. The molecule has 36 heavy (non-hydrogen) atoms. The summed E-state index contributed by atoms with van der Waals surface area (Å²) in [7, 11) is -3.56. The first-order chi connectivity index (χ1) is 16.9. The molecule has 10 heteroatoms. The number of nitrogens with zero attached hydrogens (tertiary/aromatic N) is 2. The summed E-state index contributed by atoms with van der Waals surface area (Å²) in [6, 6.07) is 9.97. The van der Waals surface area contributed by atoms with Crippen molar-refractivity contribution in [3.8, 4) is 0 Å². The van der Waals surface area contributed by atoms with Crippen molar-refractivity contribution in [2.75, 3.05) is 23.7 Å². The molecule has 0 radical (unpaired) electrons. The van der Waals surface area contributed by atoms with Crippen LogP contribution in [0.3, 0.4) is 0 Å². The minimum atomic E-state index is -3.56. The quantitative estimate of drug-likeness (QED) is 0.394. The number of benzene rings is 2. The van der Waals surface area contributed by atoms with Gasteiger partial charge < -0.3 is 10.2 Å². The van der Waals surface area contributed by atoms with Crippen molar-refractivity contribution >= 4 is 50.7 Å². The van der Waals surface area contributed by atoms with Crippen LogP contribution in [0.1, 0.15) is 49.8 Å². The summed E-state index contributed by atoms with van der Waals surface area (Å²) in [4.78, 5) is 27.7. The Bertz CT molecular complexity index is 1150. The maximum atomic E-state index is 13.4. The maximum Gasteiger partial charge on any atom is 0.242 e. The average Bonchev–Trinajstić information content (AvgIpc) is 2.77. The first-order valence-electron chi connectivity index (χ1n) is 11.9. The normalized spacial score (nSPS) is 12.2. The van der Waals surface area contributed by atoms with Gasteiger partial charge in [-0.15, -0.1) is 0 Å². The molecule has 0 aliphatic rings. The second kappa shape index (κ2) is 13.3. The first-order valence-corrected chi connectivity index (χ1v) is 14.6. The number of amides is 2. The van der Waals surface area contributed by atoms with E-state index < -0.39 is 16.1 Å². The molecule has 2 aromatic carbocycles. The van der Waals surface area contributed by atoms with Gasteiger partial charge in [-0.3, -0.25) is 13.9 Å². The molecule has 2 aromatic rings. The number of likely N-dealkylation sites (N-methyl/N-ethyl adjacent to an activating group) is 1. The third-order valence-electron chi connectivity index (χ3n) is 5.77. The topological polar surface area (TPSA) is 86.8 Å². The van der Waals surface area contributed by atoms with Crippen LogP contribution >= 0.6 is 23.2 Å². The van der Waals surface area contributed by atoms with Gasteiger partial charge in [0.1, 0.15) is 6.04 Å². The number of hydrogen-bond acceptors (Lipinski definition) is 4. The molecule has 0 fully saturated rings. The van der Waals surface area contributed by atoms with Crippen molar-refractivity contribution in [1.82, 2.24) is 10.2 Å². The van der Waals surface area contributed by atoms with Gasteiger partial charge in [-0.2, -0.15) is 0 Å². The van der Waals surface area contributed by atoms with Crippen LogP contribution in [0, 0.1) is 13.8 Å². The molecule has 198 valence electrons. The van der Waals surface area contributed by atoms with Crippen LogP contribution in [0.15, 0.2) is 36.4 Å². The molecule has 0 aliphatic carbocycles. The highest BCUT2D eigenvalue weighted by Crippen LogP contribution is 2.28. The van der Waals surface area contributed by atoms with E-state index in [1.54, 1.807) is 18.2 Å². The number of nitrogens with one attached hydrogen (secondary N) is 1. The fraction of sp³-hybridized carbons (Fsp3) is 0.462. The van der Waals surface area contributed by atoms with Gasteiger partial charge in [-0.25, -0.2) is 8.42 Å². The number of hydrogen-bond donors (Lipinski definition) is 1. The zero-order chi connectivity index (χ0) is 27.0. The van der Waals surface area contributed by atoms with Gasteiger partial charge in [-0.1, -0.05) is 42.3 Å². The Kier molecular flexibility index (Phi) is 11.1. The molecule has 1 N–H and O–H groups in total. The standard InChI is InChI=1S/C26H35Cl2N3O4S/c1-6-24(26(33)29-7-2)30(17-21-22(27)10-8-11-23(21)28)25(32)12-9-13-31(36(5,34)35)20-15-18(3)14-19(4)16-20/h8,10-11,14-16,24H,6-7,9,12-13,17H2,1-5H3,(H,29,33)/t24-/m0/s1. The Morgan fingerprint density at radius 3 is 2.11 bits per heavy atom. The lowest BCUT2D eigenvalue weighted by Crippen LogP contribution is -2.49. The highest BCUT2D eigenvalue weighted by Gasteiger charge is 2.29. The third kappa shape index (κ3) is 8.11. The minimum Gasteiger partial charge on any atom is -0.355 e. The molecule has 7 nitrogen and oxygen atoms in total. The number of aryl methyl sites for hydroxylation is 2. The lowest BCUT2D eigenvalue weighted by atomic mass is 10.1. The molecule has 2 amide bonds. The summed E-state index contributed by atoms with van der Waals surface area (Å²) in [6.45, 7) is 8.10. The molecular formula is C26H35Cl2N3O4S. The Morgan fingerprint density at radius 1 is 1.03 bits per heavy atom. The molecule has 0 aromatic heterocycles. The van der Waals surface area contributed by atoms with Gasteiger partial charge in [0, 0.05) is 41.7 Å². The van der Waals surface area contributed by atoms with E-state index in [1.165, 1.54) is 9.21 Å². The van der Waals surface area contributed by atoms with Crippen LogP contribution in [0.2, 0.25) is 10.0 Å². The zero-order valence-corrected chi connectivity index (χ0v) is 23.8. The van der Waals surface area contributed by atoms with Crippen molar-refractivity contribution in [1.29, 1.82) is 0 Å². The number of carbonyl (C=O) groups is 2. The molecule has 0 saturated heterocycles. The van der Waals surface area contributed by atoms with Gasteiger partial charge in [0.05, 0.1) is 11.9 Å². The summed E-state index contributed by atoms with van der Waals surface area (Å²) in [5, 5.41) is 3.60. The number of anilines is 1. The van der Waals surface area contributed by atoms with E-state index in [4.69, 9.17) is 23.2 Å². The second-order valence-corrected chi connectivity index (χ2v) is 11.5. The second-order valence-electron chi connectivity index (χ2n) is 8.83. The predicted octanol–water partition coefficient (Wildman–Crippen LogP) is 5.10. The summed E-state index contributed by atoms with van der Waals surface area (Å²) >= 11 is 12.7. The van der Waals surface area contributed by atoms with E-state index in [9.17, 15) is 18.0 Å². The molecule has 0 spiro atoms.